The summed E-state index contributed by atoms with van der Waals surface area (Å²) in [5, 5.41) is 7.01. The number of piperidine rings is 1. The van der Waals surface area contributed by atoms with Gasteiger partial charge >= 0.3 is 0 Å². The van der Waals surface area contributed by atoms with E-state index in [2.05, 4.69) is 42.7 Å². The Morgan fingerprint density at radius 3 is 2.83 bits per heavy atom. The smallest absolute Gasteiger partial charge is 0.142 e. The Kier molecular flexibility index (Phi) is 4.88. The zero-order valence-corrected chi connectivity index (χ0v) is 11.5. The zero-order valence-electron chi connectivity index (χ0n) is 11.5. The van der Waals surface area contributed by atoms with Crippen molar-refractivity contribution in [2.24, 2.45) is 0 Å². The number of anilines is 1. The molecule has 0 spiro atoms. The molecule has 3 nitrogen and oxygen atoms in total. The lowest BCUT2D eigenvalue weighted by molar-refractivity contribution is 0.318. The minimum Gasteiger partial charge on any atom is -0.491 e. The van der Waals surface area contributed by atoms with Crippen LogP contribution in [0.15, 0.2) is 18.2 Å². The van der Waals surface area contributed by atoms with Crippen LogP contribution < -0.4 is 15.4 Å². The van der Waals surface area contributed by atoms with Gasteiger partial charge in [0, 0.05) is 6.04 Å². The van der Waals surface area contributed by atoms with Crippen LogP contribution >= 0.6 is 0 Å². The maximum absolute atomic E-state index is 5.83. The van der Waals surface area contributed by atoms with E-state index in [1.165, 1.54) is 18.4 Å². The topological polar surface area (TPSA) is 33.3 Å². The van der Waals surface area contributed by atoms with Gasteiger partial charge in [0.05, 0.1) is 12.3 Å². The minimum absolute atomic E-state index is 0.568. The number of ether oxygens (including phenoxy) is 1. The number of hydrogen-bond donors (Lipinski definition) is 2. The number of hydrogen-bond acceptors (Lipinski definition) is 3. The van der Waals surface area contributed by atoms with Crippen LogP contribution in [-0.4, -0.2) is 25.7 Å². The Balaban J connectivity index is 2.04. The Hall–Kier alpha value is -1.22. The largest absolute Gasteiger partial charge is 0.491 e. The van der Waals surface area contributed by atoms with E-state index >= 15 is 0 Å². The highest BCUT2D eigenvalue weighted by Gasteiger charge is 2.14. The summed E-state index contributed by atoms with van der Waals surface area (Å²) in [5.74, 6) is 0.996. The highest BCUT2D eigenvalue weighted by Crippen LogP contribution is 2.27. The molecule has 0 aliphatic carbocycles. The quantitative estimate of drug-likeness (QED) is 0.840. The molecule has 2 N–H and O–H groups in total. The average molecular weight is 248 g/mol. The molecule has 0 atom stereocenters. The number of aryl methyl sites for hydroxylation is 1. The first-order chi connectivity index (χ1) is 8.79. The van der Waals surface area contributed by atoms with Crippen molar-refractivity contribution in [3.05, 3.63) is 23.8 Å². The van der Waals surface area contributed by atoms with Gasteiger partial charge in [0.25, 0.3) is 0 Å². The van der Waals surface area contributed by atoms with E-state index in [1.54, 1.807) is 0 Å². The predicted molar refractivity (Wildman–Crippen MR) is 76.5 cm³/mol. The van der Waals surface area contributed by atoms with Crippen molar-refractivity contribution in [2.45, 2.75) is 39.2 Å². The van der Waals surface area contributed by atoms with Gasteiger partial charge in [-0.2, -0.15) is 0 Å². The molecule has 1 aliphatic rings. The van der Waals surface area contributed by atoms with E-state index in [4.69, 9.17) is 4.74 Å². The molecule has 0 amide bonds. The van der Waals surface area contributed by atoms with Gasteiger partial charge in [0.2, 0.25) is 0 Å². The molecular formula is C15H24N2O. The zero-order chi connectivity index (χ0) is 12.8. The van der Waals surface area contributed by atoms with Gasteiger partial charge in [0.15, 0.2) is 0 Å². The number of nitrogens with one attached hydrogen (secondary N) is 2. The lowest BCUT2D eigenvalue weighted by Gasteiger charge is -2.26. The molecule has 1 aliphatic heterocycles. The third kappa shape index (κ3) is 3.64. The van der Waals surface area contributed by atoms with E-state index in [-0.39, 0.29) is 0 Å². The molecule has 18 heavy (non-hydrogen) atoms. The van der Waals surface area contributed by atoms with Crippen LogP contribution in [0.4, 0.5) is 5.69 Å². The van der Waals surface area contributed by atoms with Crippen LogP contribution in [0, 0.1) is 6.92 Å². The molecule has 1 fully saturated rings. The first-order valence-electron chi connectivity index (χ1n) is 7.00. The first-order valence-corrected chi connectivity index (χ1v) is 7.00. The van der Waals surface area contributed by atoms with Gasteiger partial charge in [-0.25, -0.2) is 0 Å². The highest BCUT2D eigenvalue weighted by atomic mass is 16.5. The van der Waals surface area contributed by atoms with E-state index < -0.39 is 0 Å². The molecule has 100 valence electrons. The van der Waals surface area contributed by atoms with E-state index in [0.29, 0.717) is 6.04 Å². The molecule has 1 saturated heterocycles. The molecule has 0 radical (unpaired) electrons. The third-order valence-electron chi connectivity index (χ3n) is 3.30. The Labute approximate surface area is 110 Å². The summed E-state index contributed by atoms with van der Waals surface area (Å²) in [6.45, 7) is 7.23. The summed E-state index contributed by atoms with van der Waals surface area (Å²) in [6, 6.07) is 6.97. The van der Waals surface area contributed by atoms with Crippen molar-refractivity contribution >= 4 is 5.69 Å². The third-order valence-corrected chi connectivity index (χ3v) is 3.30. The lowest BCUT2D eigenvalue weighted by Crippen LogP contribution is -2.35. The molecule has 1 aromatic rings. The molecule has 0 unspecified atom stereocenters. The summed E-state index contributed by atoms with van der Waals surface area (Å²) >= 11 is 0. The molecular weight excluding hydrogens is 224 g/mol. The lowest BCUT2D eigenvalue weighted by atomic mass is 10.1. The molecule has 1 aromatic carbocycles. The van der Waals surface area contributed by atoms with Crippen LogP contribution in [0.5, 0.6) is 5.75 Å². The standard InChI is InChI=1S/C15H24N2O/c1-3-10-18-15-11-12(2)4-5-14(15)17-13-6-8-16-9-7-13/h4-5,11,13,16-17H,3,6-10H2,1-2H3. The molecule has 2 rings (SSSR count). The summed E-state index contributed by atoms with van der Waals surface area (Å²) in [7, 11) is 0. The predicted octanol–water partition coefficient (Wildman–Crippen LogP) is 2.95. The summed E-state index contributed by atoms with van der Waals surface area (Å²) < 4.78 is 5.83. The number of benzene rings is 1. The Morgan fingerprint density at radius 2 is 2.11 bits per heavy atom. The summed E-state index contributed by atoms with van der Waals surface area (Å²) in [4.78, 5) is 0. The van der Waals surface area contributed by atoms with Crippen LogP contribution in [0.25, 0.3) is 0 Å². The second kappa shape index (κ2) is 6.64. The maximum Gasteiger partial charge on any atom is 0.142 e. The molecule has 0 saturated carbocycles. The van der Waals surface area contributed by atoms with E-state index in [0.717, 1.165) is 37.6 Å². The van der Waals surface area contributed by atoms with Crippen molar-refractivity contribution in [1.29, 1.82) is 0 Å². The normalized spacial score (nSPS) is 16.6. The fourth-order valence-corrected chi connectivity index (χ4v) is 2.27. The van der Waals surface area contributed by atoms with Gasteiger partial charge in [-0.05, 0) is 57.0 Å². The minimum atomic E-state index is 0.568. The SMILES string of the molecule is CCCOc1cc(C)ccc1NC1CCNCC1. The van der Waals surface area contributed by atoms with Gasteiger partial charge < -0.3 is 15.4 Å². The average Bonchev–Trinajstić information content (AvgIpc) is 2.40. The van der Waals surface area contributed by atoms with Crippen molar-refractivity contribution in [3.8, 4) is 5.75 Å². The second-order valence-electron chi connectivity index (χ2n) is 5.02. The maximum atomic E-state index is 5.83. The number of rotatable bonds is 5. The van der Waals surface area contributed by atoms with Gasteiger partial charge in [-0.1, -0.05) is 13.0 Å². The fraction of sp³-hybridized carbons (Fsp3) is 0.600. The molecule has 1 heterocycles. The van der Waals surface area contributed by atoms with Crippen molar-refractivity contribution in [3.63, 3.8) is 0 Å². The van der Waals surface area contributed by atoms with Crippen LogP contribution in [0.1, 0.15) is 31.7 Å². The van der Waals surface area contributed by atoms with Crippen molar-refractivity contribution in [2.75, 3.05) is 25.0 Å². The Morgan fingerprint density at radius 1 is 1.33 bits per heavy atom. The molecule has 3 heteroatoms. The fourth-order valence-electron chi connectivity index (χ4n) is 2.27. The molecule has 0 bridgehead atoms. The van der Waals surface area contributed by atoms with Crippen LogP contribution in [-0.2, 0) is 0 Å². The van der Waals surface area contributed by atoms with Gasteiger partial charge in [0.1, 0.15) is 5.75 Å². The van der Waals surface area contributed by atoms with Gasteiger partial charge in [-0.3, -0.25) is 0 Å². The second-order valence-corrected chi connectivity index (χ2v) is 5.02. The van der Waals surface area contributed by atoms with Crippen LogP contribution in [0.2, 0.25) is 0 Å². The Bertz CT molecular complexity index is 373. The highest BCUT2D eigenvalue weighted by molar-refractivity contribution is 5.58. The summed E-state index contributed by atoms with van der Waals surface area (Å²) in [6.07, 6.45) is 3.41. The van der Waals surface area contributed by atoms with Crippen molar-refractivity contribution < 1.29 is 4.74 Å². The summed E-state index contributed by atoms with van der Waals surface area (Å²) in [5.41, 5.74) is 2.39. The first kappa shape index (κ1) is 13.2. The molecule has 0 aromatic heterocycles. The van der Waals surface area contributed by atoms with Gasteiger partial charge in [-0.15, -0.1) is 0 Å². The monoisotopic (exact) mass is 248 g/mol. The van der Waals surface area contributed by atoms with E-state index in [9.17, 15) is 0 Å². The van der Waals surface area contributed by atoms with E-state index in [1.807, 2.05) is 0 Å². The van der Waals surface area contributed by atoms with Crippen LogP contribution in [0.3, 0.4) is 0 Å². The van der Waals surface area contributed by atoms with Crippen molar-refractivity contribution in [1.82, 2.24) is 5.32 Å².